The van der Waals surface area contributed by atoms with Gasteiger partial charge in [0, 0.05) is 6.04 Å². The lowest BCUT2D eigenvalue weighted by Gasteiger charge is -2.14. The Bertz CT molecular complexity index is 784. The number of benzene rings is 2. The van der Waals surface area contributed by atoms with Gasteiger partial charge < -0.3 is 10.1 Å². The largest absolute Gasteiger partial charge is 0.452 e. The molecule has 0 heterocycles. The lowest BCUT2D eigenvalue weighted by atomic mass is 10.1. The van der Waals surface area contributed by atoms with Gasteiger partial charge in [-0.05, 0) is 37.5 Å². The van der Waals surface area contributed by atoms with Gasteiger partial charge in [0.25, 0.3) is 5.91 Å². The fourth-order valence-electron chi connectivity index (χ4n) is 2.30. The highest BCUT2D eigenvalue weighted by molar-refractivity contribution is 6.36. The van der Waals surface area contributed by atoms with Gasteiger partial charge in [0.2, 0.25) is 0 Å². The summed E-state index contributed by atoms with van der Waals surface area (Å²) in [5.74, 6) is -2.12. The number of amides is 1. The molecule has 26 heavy (non-hydrogen) atoms. The molecule has 0 saturated heterocycles. The number of carbonyl (C=O) groups is 2. The van der Waals surface area contributed by atoms with Gasteiger partial charge in [-0.1, -0.05) is 53.5 Å². The molecule has 4 nitrogen and oxygen atoms in total. The molecule has 0 saturated carbocycles. The molecule has 1 atom stereocenters. The Kier molecular flexibility index (Phi) is 7.42. The SMILES string of the molecule is C[C@H](CCc1ccccc1)NC(=O)COC(=O)c1cc(F)c(Cl)cc1Cl. The van der Waals surface area contributed by atoms with Crippen LogP contribution in [0.2, 0.25) is 10.0 Å². The number of esters is 1. The average molecular weight is 398 g/mol. The topological polar surface area (TPSA) is 55.4 Å². The van der Waals surface area contributed by atoms with E-state index in [9.17, 15) is 14.0 Å². The molecule has 2 aromatic carbocycles. The zero-order valence-corrected chi connectivity index (χ0v) is 15.6. The van der Waals surface area contributed by atoms with Gasteiger partial charge in [-0.15, -0.1) is 0 Å². The molecule has 0 spiro atoms. The van der Waals surface area contributed by atoms with Crippen LogP contribution in [0.15, 0.2) is 42.5 Å². The number of hydrogen-bond acceptors (Lipinski definition) is 3. The Labute approximate surface area is 161 Å². The van der Waals surface area contributed by atoms with E-state index in [0.29, 0.717) is 0 Å². The maximum Gasteiger partial charge on any atom is 0.340 e. The summed E-state index contributed by atoms with van der Waals surface area (Å²) in [5.41, 5.74) is 0.998. The van der Waals surface area contributed by atoms with E-state index in [1.54, 1.807) is 0 Å². The first-order valence-corrected chi connectivity index (χ1v) is 8.77. The second-order valence-electron chi connectivity index (χ2n) is 5.82. The van der Waals surface area contributed by atoms with Gasteiger partial charge in [0.05, 0.1) is 15.6 Å². The zero-order chi connectivity index (χ0) is 19.1. The summed E-state index contributed by atoms with van der Waals surface area (Å²) in [5, 5.41) is 2.51. The normalized spacial score (nSPS) is 11.7. The zero-order valence-electron chi connectivity index (χ0n) is 14.1. The molecule has 0 aliphatic carbocycles. The van der Waals surface area contributed by atoms with Crippen molar-refractivity contribution in [2.45, 2.75) is 25.8 Å². The van der Waals surface area contributed by atoms with Crippen molar-refractivity contribution in [3.05, 3.63) is 69.5 Å². The van der Waals surface area contributed by atoms with E-state index in [2.05, 4.69) is 5.32 Å². The molecular formula is C19H18Cl2FNO3. The third-order valence-electron chi connectivity index (χ3n) is 3.68. The highest BCUT2D eigenvalue weighted by Gasteiger charge is 2.17. The van der Waals surface area contributed by atoms with Crippen LogP contribution >= 0.6 is 23.2 Å². The Morgan fingerprint density at radius 3 is 2.54 bits per heavy atom. The third-order valence-corrected chi connectivity index (χ3v) is 4.28. The molecule has 2 rings (SSSR count). The van der Waals surface area contributed by atoms with Crippen molar-refractivity contribution in [3.8, 4) is 0 Å². The summed E-state index contributed by atoms with van der Waals surface area (Å²) >= 11 is 11.4. The maximum atomic E-state index is 13.4. The molecule has 0 aromatic heterocycles. The van der Waals surface area contributed by atoms with E-state index >= 15 is 0 Å². The van der Waals surface area contributed by atoms with Crippen LogP contribution < -0.4 is 5.32 Å². The van der Waals surface area contributed by atoms with Crippen molar-refractivity contribution in [1.29, 1.82) is 0 Å². The molecule has 0 unspecified atom stereocenters. The average Bonchev–Trinajstić information content (AvgIpc) is 2.62. The van der Waals surface area contributed by atoms with Crippen LogP contribution in [0.25, 0.3) is 0 Å². The standard InChI is InChI=1S/C19H18Cl2FNO3/c1-12(7-8-13-5-3-2-4-6-13)23-18(24)11-26-19(25)14-9-17(22)16(21)10-15(14)20/h2-6,9-10,12H,7-8,11H2,1H3,(H,23,24)/t12-/m1/s1. The number of aryl methyl sites for hydroxylation is 1. The van der Waals surface area contributed by atoms with Crippen molar-refractivity contribution in [1.82, 2.24) is 5.32 Å². The molecule has 0 radical (unpaired) electrons. The molecule has 0 fully saturated rings. The molecular weight excluding hydrogens is 380 g/mol. The summed E-state index contributed by atoms with van der Waals surface area (Å²) in [6.07, 6.45) is 1.57. The van der Waals surface area contributed by atoms with Gasteiger partial charge in [0.1, 0.15) is 5.82 Å². The minimum absolute atomic E-state index is 0.0435. The number of hydrogen-bond donors (Lipinski definition) is 1. The van der Waals surface area contributed by atoms with Crippen LogP contribution in [0.3, 0.4) is 0 Å². The summed E-state index contributed by atoms with van der Waals surface area (Å²) in [6, 6.07) is 11.8. The Morgan fingerprint density at radius 1 is 1.15 bits per heavy atom. The lowest BCUT2D eigenvalue weighted by Crippen LogP contribution is -2.36. The van der Waals surface area contributed by atoms with E-state index in [0.717, 1.165) is 25.0 Å². The van der Waals surface area contributed by atoms with Crippen LogP contribution in [0, 0.1) is 5.82 Å². The van der Waals surface area contributed by atoms with Crippen molar-refractivity contribution in [2.24, 2.45) is 0 Å². The first kappa shape index (κ1) is 20.2. The molecule has 1 amide bonds. The number of nitrogens with one attached hydrogen (secondary N) is 1. The summed E-state index contributed by atoms with van der Waals surface area (Å²) < 4.78 is 18.3. The van der Waals surface area contributed by atoms with Crippen LogP contribution in [-0.2, 0) is 16.0 Å². The number of rotatable bonds is 7. The predicted molar refractivity (Wildman–Crippen MR) is 99.1 cm³/mol. The number of carbonyl (C=O) groups excluding carboxylic acids is 2. The van der Waals surface area contributed by atoms with Crippen LogP contribution in [0.1, 0.15) is 29.3 Å². The lowest BCUT2D eigenvalue weighted by molar-refractivity contribution is -0.124. The van der Waals surface area contributed by atoms with Gasteiger partial charge >= 0.3 is 5.97 Å². The molecule has 1 N–H and O–H groups in total. The second-order valence-corrected chi connectivity index (χ2v) is 6.63. The quantitative estimate of drug-likeness (QED) is 0.555. The fourth-order valence-corrected chi connectivity index (χ4v) is 2.76. The van der Waals surface area contributed by atoms with Gasteiger partial charge in [0.15, 0.2) is 6.61 Å². The minimum Gasteiger partial charge on any atom is -0.452 e. The second kappa shape index (κ2) is 9.55. The van der Waals surface area contributed by atoms with Gasteiger partial charge in [-0.25, -0.2) is 9.18 Å². The molecule has 7 heteroatoms. The van der Waals surface area contributed by atoms with Crippen molar-refractivity contribution in [3.63, 3.8) is 0 Å². The van der Waals surface area contributed by atoms with E-state index in [4.69, 9.17) is 27.9 Å². The molecule has 0 aliphatic rings. The maximum absolute atomic E-state index is 13.4. The fraction of sp³-hybridized carbons (Fsp3) is 0.263. The van der Waals surface area contributed by atoms with E-state index in [1.165, 1.54) is 5.56 Å². The van der Waals surface area contributed by atoms with E-state index < -0.39 is 24.3 Å². The van der Waals surface area contributed by atoms with Crippen LogP contribution in [-0.4, -0.2) is 24.5 Å². The summed E-state index contributed by atoms with van der Waals surface area (Å²) in [7, 11) is 0. The van der Waals surface area contributed by atoms with Gasteiger partial charge in [-0.2, -0.15) is 0 Å². The molecule has 0 bridgehead atoms. The minimum atomic E-state index is -0.891. The monoisotopic (exact) mass is 397 g/mol. The predicted octanol–water partition coefficient (Wildman–Crippen LogP) is 4.43. The summed E-state index contributed by atoms with van der Waals surface area (Å²) in [4.78, 5) is 23.8. The van der Waals surface area contributed by atoms with Crippen molar-refractivity contribution >= 4 is 35.1 Å². The van der Waals surface area contributed by atoms with Crippen LogP contribution in [0.5, 0.6) is 0 Å². The van der Waals surface area contributed by atoms with E-state index in [1.807, 2.05) is 37.3 Å². The van der Waals surface area contributed by atoms with E-state index in [-0.39, 0.29) is 21.7 Å². The Balaban J connectivity index is 1.79. The van der Waals surface area contributed by atoms with Gasteiger partial charge in [-0.3, -0.25) is 4.79 Å². The first-order chi connectivity index (χ1) is 12.4. The highest BCUT2D eigenvalue weighted by atomic mass is 35.5. The molecule has 138 valence electrons. The van der Waals surface area contributed by atoms with Crippen molar-refractivity contribution in [2.75, 3.05) is 6.61 Å². The Hall–Kier alpha value is -2.11. The molecule has 2 aromatic rings. The first-order valence-electron chi connectivity index (χ1n) is 8.01. The number of halogens is 3. The smallest absolute Gasteiger partial charge is 0.340 e. The number of ether oxygens (including phenoxy) is 1. The van der Waals surface area contributed by atoms with Crippen LogP contribution in [0.4, 0.5) is 4.39 Å². The Morgan fingerprint density at radius 2 is 1.85 bits per heavy atom. The van der Waals surface area contributed by atoms with Crippen molar-refractivity contribution < 1.29 is 18.7 Å². The summed E-state index contributed by atoms with van der Waals surface area (Å²) in [6.45, 7) is 1.39. The third kappa shape index (κ3) is 6.00. The highest BCUT2D eigenvalue weighted by Crippen LogP contribution is 2.24. The molecule has 0 aliphatic heterocycles.